The number of para-hydroxylation sites is 1. The van der Waals surface area contributed by atoms with Gasteiger partial charge in [0.05, 0.1) is 33.2 Å². The lowest BCUT2D eigenvalue weighted by molar-refractivity contribution is 0.355. The van der Waals surface area contributed by atoms with Crippen molar-refractivity contribution in [2.75, 3.05) is 26.8 Å². The number of methoxy groups -OCH3 is 3. The average Bonchev–Trinajstić information content (AvgIpc) is 2.67. The molecule has 2 aromatic carbocycles. The number of aryl methyl sites for hydroxylation is 1. The molecule has 0 aliphatic rings. The molecule has 0 bridgehead atoms. The third-order valence-electron chi connectivity index (χ3n) is 3.96. The van der Waals surface area contributed by atoms with E-state index in [0.29, 0.717) is 11.5 Å². The standard InChI is InChI=1S/C20H21N3O3/c1-13-10-16(15-6-5-7-18(25-3)20(15)22-13)23-21-12-14-8-9-17(24-2)19(11-14)26-4/h5-12H,1-4H3,(H,22,23)/b21-12+. The van der Waals surface area contributed by atoms with Gasteiger partial charge in [-0.25, -0.2) is 4.98 Å². The molecule has 6 nitrogen and oxygen atoms in total. The molecule has 0 radical (unpaired) electrons. The zero-order chi connectivity index (χ0) is 18.5. The fourth-order valence-corrected chi connectivity index (χ4v) is 2.72. The Balaban J connectivity index is 1.89. The van der Waals surface area contributed by atoms with Crippen LogP contribution in [0.2, 0.25) is 0 Å². The van der Waals surface area contributed by atoms with E-state index in [9.17, 15) is 0 Å². The molecule has 0 atom stereocenters. The lowest BCUT2D eigenvalue weighted by Gasteiger charge is -2.10. The summed E-state index contributed by atoms with van der Waals surface area (Å²) in [6, 6.07) is 13.4. The monoisotopic (exact) mass is 351 g/mol. The summed E-state index contributed by atoms with van der Waals surface area (Å²) in [5.41, 5.74) is 6.54. The second-order valence-electron chi connectivity index (χ2n) is 5.65. The molecule has 0 amide bonds. The fraction of sp³-hybridized carbons (Fsp3) is 0.200. The van der Waals surface area contributed by atoms with Crippen molar-refractivity contribution in [3.63, 3.8) is 0 Å². The lowest BCUT2D eigenvalue weighted by Crippen LogP contribution is -1.97. The van der Waals surface area contributed by atoms with Crippen LogP contribution in [0.25, 0.3) is 10.9 Å². The Kier molecular flexibility index (Phi) is 5.22. The second-order valence-corrected chi connectivity index (χ2v) is 5.65. The van der Waals surface area contributed by atoms with Crippen LogP contribution in [0, 0.1) is 6.92 Å². The molecule has 0 spiro atoms. The highest BCUT2D eigenvalue weighted by molar-refractivity contribution is 5.95. The number of ether oxygens (including phenoxy) is 3. The number of anilines is 1. The minimum Gasteiger partial charge on any atom is -0.494 e. The highest BCUT2D eigenvalue weighted by Gasteiger charge is 2.08. The van der Waals surface area contributed by atoms with Crippen LogP contribution in [-0.4, -0.2) is 32.5 Å². The largest absolute Gasteiger partial charge is 0.494 e. The number of benzene rings is 2. The Labute approximate surface area is 152 Å². The smallest absolute Gasteiger partial charge is 0.161 e. The summed E-state index contributed by atoms with van der Waals surface area (Å²) < 4.78 is 16.0. The van der Waals surface area contributed by atoms with Crippen molar-refractivity contribution in [3.05, 3.63) is 53.7 Å². The number of fused-ring (bicyclic) bond motifs is 1. The number of nitrogens with one attached hydrogen (secondary N) is 1. The molecule has 1 heterocycles. The number of pyridine rings is 1. The van der Waals surface area contributed by atoms with Gasteiger partial charge in [-0.2, -0.15) is 5.10 Å². The van der Waals surface area contributed by atoms with E-state index in [2.05, 4.69) is 15.5 Å². The molecule has 0 fully saturated rings. The Bertz CT molecular complexity index is 954. The topological polar surface area (TPSA) is 65.0 Å². The van der Waals surface area contributed by atoms with Crippen molar-refractivity contribution in [1.29, 1.82) is 0 Å². The fourth-order valence-electron chi connectivity index (χ4n) is 2.72. The Morgan fingerprint density at radius 2 is 1.69 bits per heavy atom. The van der Waals surface area contributed by atoms with Crippen LogP contribution < -0.4 is 19.6 Å². The average molecular weight is 351 g/mol. The Morgan fingerprint density at radius 3 is 2.42 bits per heavy atom. The maximum Gasteiger partial charge on any atom is 0.161 e. The van der Waals surface area contributed by atoms with Crippen molar-refractivity contribution in [2.24, 2.45) is 5.10 Å². The molecule has 1 aromatic heterocycles. The molecule has 0 unspecified atom stereocenters. The van der Waals surface area contributed by atoms with Gasteiger partial charge in [0.2, 0.25) is 0 Å². The molecule has 1 N–H and O–H groups in total. The van der Waals surface area contributed by atoms with Crippen LogP contribution in [0.5, 0.6) is 17.2 Å². The highest BCUT2D eigenvalue weighted by atomic mass is 16.5. The van der Waals surface area contributed by atoms with Crippen molar-refractivity contribution < 1.29 is 14.2 Å². The highest BCUT2D eigenvalue weighted by Crippen LogP contribution is 2.30. The van der Waals surface area contributed by atoms with E-state index in [1.807, 2.05) is 49.4 Å². The molecule has 0 saturated carbocycles. The van der Waals surface area contributed by atoms with E-state index in [1.54, 1.807) is 27.5 Å². The third-order valence-corrected chi connectivity index (χ3v) is 3.96. The predicted octanol–water partition coefficient (Wildman–Crippen LogP) is 4.02. The molecule has 6 heteroatoms. The van der Waals surface area contributed by atoms with E-state index in [0.717, 1.165) is 33.6 Å². The number of hydrogen-bond acceptors (Lipinski definition) is 6. The van der Waals surface area contributed by atoms with Crippen LogP contribution >= 0.6 is 0 Å². The summed E-state index contributed by atoms with van der Waals surface area (Å²) in [6.45, 7) is 1.94. The Hall–Kier alpha value is -3.28. The van der Waals surface area contributed by atoms with E-state index in [4.69, 9.17) is 14.2 Å². The van der Waals surface area contributed by atoms with E-state index in [-0.39, 0.29) is 0 Å². The third kappa shape index (κ3) is 3.54. The summed E-state index contributed by atoms with van der Waals surface area (Å²) in [5, 5.41) is 5.29. The van der Waals surface area contributed by atoms with Gasteiger partial charge >= 0.3 is 0 Å². The van der Waals surface area contributed by atoms with Crippen LogP contribution in [0.3, 0.4) is 0 Å². The molecule has 26 heavy (non-hydrogen) atoms. The minimum absolute atomic E-state index is 0.659. The van der Waals surface area contributed by atoms with Gasteiger partial charge in [-0.15, -0.1) is 0 Å². The van der Waals surface area contributed by atoms with Crippen molar-refractivity contribution >= 4 is 22.8 Å². The zero-order valence-corrected chi connectivity index (χ0v) is 15.2. The first-order valence-corrected chi connectivity index (χ1v) is 8.11. The molecule has 3 rings (SSSR count). The molecule has 0 aliphatic heterocycles. The first-order chi connectivity index (χ1) is 12.7. The summed E-state index contributed by atoms with van der Waals surface area (Å²) in [7, 11) is 4.86. The summed E-state index contributed by atoms with van der Waals surface area (Å²) in [6.07, 6.45) is 1.73. The molecular formula is C20H21N3O3. The molecule has 0 aliphatic carbocycles. The molecule has 3 aromatic rings. The van der Waals surface area contributed by atoms with Crippen LogP contribution in [-0.2, 0) is 0 Å². The maximum absolute atomic E-state index is 5.40. The van der Waals surface area contributed by atoms with Gasteiger partial charge in [0.1, 0.15) is 11.3 Å². The van der Waals surface area contributed by atoms with Crippen molar-refractivity contribution in [2.45, 2.75) is 6.92 Å². The van der Waals surface area contributed by atoms with Crippen LogP contribution in [0.1, 0.15) is 11.3 Å². The second kappa shape index (κ2) is 7.74. The molecular weight excluding hydrogens is 330 g/mol. The Morgan fingerprint density at radius 1 is 0.923 bits per heavy atom. The lowest BCUT2D eigenvalue weighted by atomic mass is 10.1. The normalized spacial score (nSPS) is 10.9. The van der Waals surface area contributed by atoms with E-state index in [1.165, 1.54) is 0 Å². The van der Waals surface area contributed by atoms with Gasteiger partial charge in [0.15, 0.2) is 11.5 Å². The van der Waals surface area contributed by atoms with Crippen LogP contribution in [0.15, 0.2) is 47.6 Å². The summed E-state index contributed by atoms with van der Waals surface area (Å²) in [5.74, 6) is 2.07. The number of hydrazone groups is 1. The van der Waals surface area contributed by atoms with Gasteiger partial charge in [-0.05, 0) is 42.8 Å². The molecule has 134 valence electrons. The summed E-state index contributed by atoms with van der Waals surface area (Å²) in [4.78, 5) is 4.57. The minimum atomic E-state index is 0.659. The van der Waals surface area contributed by atoms with Crippen molar-refractivity contribution in [3.8, 4) is 17.2 Å². The first-order valence-electron chi connectivity index (χ1n) is 8.11. The SMILES string of the molecule is COc1ccc(/C=N/Nc2cc(C)nc3c(OC)cccc23)cc1OC. The first kappa shape index (κ1) is 17.5. The quantitative estimate of drug-likeness (QED) is 0.537. The van der Waals surface area contributed by atoms with Gasteiger partial charge < -0.3 is 14.2 Å². The maximum atomic E-state index is 5.40. The number of rotatable bonds is 6. The van der Waals surface area contributed by atoms with E-state index < -0.39 is 0 Å². The van der Waals surface area contributed by atoms with E-state index >= 15 is 0 Å². The predicted molar refractivity (Wildman–Crippen MR) is 104 cm³/mol. The number of nitrogens with zero attached hydrogens (tertiary/aromatic N) is 2. The van der Waals surface area contributed by atoms with Gasteiger partial charge in [-0.1, -0.05) is 12.1 Å². The zero-order valence-electron chi connectivity index (χ0n) is 15.2. The van der Waals surface area contributed by atoms with Crippen molar-refractivity contribution in [1.82, 2.24) is 4.98 Å². The van der Waals surface area contributed by atoms with Crippen LogP contribution in [0.4, 0.5) is 5.69 Å². The summed E-state index contributed by atoms with van der Waals surface area (Å²) >= 11 is 0. The number of hydrogen-bond donors (Lipinski definition) is 1. The van der Waals surface area contributed by atoms with Gasteiger partial charge in [0, 0.05) is 11.1 Å². The number of aromatic nitrogens is 1. The van der Waals surface area contributed by atoms with Gasteiger partial charge in [-0.3, -0.25) is 5.43 Å². The molecule has 0 saturated heterocycles. The van der Waals surface area contributed by atoms with Gasteiger partial charge in [0.25, 0.3) is 0 Å².